The number of pyridine rings is 1. The quantitative estimate of drug-likeness (QED) is 0.868. The highest BCUT2D eigenvalue weighted by Crippen LogP contribution is 2.18. The van der Waals surface area contributed by atoms with Crippen LogP contribution in [-0.2, 0) is 22.4 Å². The largest absolute Gasteiger partial charge is 0.447 e. The van der Waals surface area contributed by atoms with Crippen molar-refractivity contribution in [2.24, 2.45) is 0 Å². The van der Waals surface area contributed by atoms with Gasteiger partial charge in [0.2, 0.25) is 5.91 Å². The first-order chi connectivity index (χ1) is 10.7. The minimum atomic E-state index is -0.568. The summed E-state index contributed by atoms with van der Waals surface area (Å²) < 4.78 is 5.05. The molecule has 1 aliphatic heterocycles. The second-order valence-electron chi connectivity index (χ2n) is 5.18. The fourth-order valence-electron chi connectivity index (χ4n) is 2.55. The predicted molar refractivity (Wildman–Crippen MR) is 80.1 cm³/mol. The third kappa shape index (κ3) is 3.14. The molecule has 0 spiro atoms. The van der Waals surface area contributed by atoms with Crippen molar-refractivity contribution in [3.63, 3.8) is 0 Å². The third-order valence-corrected chi connectivity index (χ3v) is 3.60. The molecular formula is C17H16N2O3. The smallest absolute Gasteiger partial charge is 0.416 e. The highest BCUT2D eigenvalue weighted by molar-refractivity contribution is 5.94. The van der Waals surface area contributed by atoms with E-state index in [4.69, 9.17) is 4.74 Å². The molecule has 1 aromatic heterocycles. The number of hydrogen-bond donors (Lipinski definition) is 0. The summed E-state index contributed by atoms with van der Waals surface area (Å²) in [6.07, 6.45) is 1.76. The molecule has 1 saturated heterocycles. The maximum Gasteiger partial charge on any atom is 0.416 e. The van der Waals surface area contributed by atoms with Gasteiger partial charge in [0, 0.05) is 11.9 Å². The standard InChI is InChI=1S/C17H16N2O3/c20-16(11-14-8-4-5-9-18-14)19-15(12-22-17(19)21)10-13-6-2-1-3-7-13/h1-9,15H,10-12H2/t15-/m1/s1. The van der Waals surface area contributed by atoms with Crippen LogP contribution in [0.15, 0.2) is 54.7 Å². The Morgan fingerprint density at radius 1 is 1.18 bits per heavy atom. The van der Waals surface area contributed by atoms with Crippen LogP contribution in [0.5, 0.6) is 0 Å². The Morgan fingerprint density at radius 2 is 1.95 bits per heavy atom. The molecule has 1 fully saturated rings. The van der Waals surface area contributed by atoms with Gasteiger partial charge in [0.1, 0.15) is 6.61 Å². The van der Waals surface area contributed by atoms with Gasteiger partial charge in [0.05, 0.1) is 12.5 Å². The molecule has 0 bridgehead atoms. The fraction of sp³-hybridized carbons (Fsp3) is 0.235. The Labute approximate surface area is 128 Å². The summed E-state index contributed by atoms with van der Waals surface area (Å²) in [6.45, 7) is 0.238. The second-order valence-corrected chi connectivity index (χ2v) is 5.18. The van der Waals surface area contributed by atoms with Crippen LogP contribution >= 0.6 is 0 Å². The van der Waals surface area contributed by atoms with Gasteiger partial charge in [-0.3, -0.25) is 9.78 Å². The minimum Gasteiger partial charge on any atom is -0.447 e. The maximum atomic E-state index is 12.4. The number of nitrogens with zero attached hydrogens (tertiary/aromatic N) is 2. The van der Waals surface area contributed by atoms with Crippen LogP contribution in [0.2, 0.25) is 0 Å². The fourth-order valence-corrected chi connectivity index (χ4v) is 2.55. The van der Waals surface area contributed by atoms with Crippen LogP contribution in [0, 0.1) is 0 Å². The number of carbonyl (C=O) groups excluding carboxylic acids is 2. The van der Waals surface area contributed by atoms with Gasteiger partial charge >= 0.3 is 6.09 Å². The van der Waals surface area contributed by atoms with Gasteiger partial charge in [-0.2, -0.15) is 0 Å². The Bertz CT molecular complexity index is 658. The van der Waals surface area contributed by atoms with E-state index in [1.807, 2.05) is 36.4 Å². The average Bonchev–Trinajstić information content (AvgIpc) is 2.90. The molecule has 5 nitrogen and oxygen atoms in total. The van der Waals surface area contributed by atoms with E-state index in [0.29, 0.717) is 12.1 Å². The number of cyclic esters (lactones) is 1. The number of hydrogen-bond acceptors (Lipinski definition) is 4. The molecule has 2 aromatic rings. The summed E-state index contributed by atoms with van der Waals surface area (Å²) in [4.78, 5) is 29.6. The number of rotatable bonds is 4. The molecule has 1 aliphatic rings. The lowest BCUT2D eigenvalue weighted by Gasteiger charge is -2.19. The highest BCUT2D eigenvalue weighted by Gasteiger charge is 2.37. The van der Waals surface area contributed by atoms with Crippen LogP contribution in [0.3, 0.4) is 0 Å². The number of benzene rings is 1. The zero-order valence-electron chi connectivity index (χ0n) is 12.0. The molecule has 2 heterocycles. The lowest BCUT2D eigenvalue weighted by atomic mass is 10.1. The predicted octanol–water partition coefficient (Wildman–Crippen LogP) is 2.21. The van der Waals surface area contributed by atoms with E-state index in [1.54, 1.807) is 18.3 Å². The van der Waals surface area contributed by atoms with E-state index >= 15 is 0 Å². The van der Waals surface area contributed by atoms with E-state index in [0.717, 1.165) is 5.56 Å². The monoisotopic (exact) mass is 296 g/mol. The molecule has 0 unspecified atom stereocenters. The summed E-state index contributed by atoms with van der Waals surface area (Å²) in [7, 11) is 0. The topological polar surface area (TPSA) is 59.5 Å². The first kappa shape index (κ1) is 14.3. The molecule has 1 atom stereocenters. The molecule has 0 N–H and O–H groups in total. The Hall–Kier alpha value is -2.69. The number of amides is 2. The van der Waals surface area contributed by atoms with Crippen molar-refractivity contribution in [3.05, 3.63) is 66.0 Å². The van der Waals surface area contributed by atoms with Gasteiger partial charge in [-0.15, -0.1) is 0 Å². The van der Waals surface area contributed by atoms with Crippen molar-refractivity contribution < 1.29 is 14.3 Å². The van der Waals surface area contributed by atoms with Crippen LogP contribution in [-0.4, -0.2) is 34.5 Å². The van der Waals surface area contributed by atoms with Crippen molar-refractivity contribution in [2.75, 3.05) is 6.61 Å². The maximum absolute atomic E-state index is 12.4. The summed E-state index contributed by atoms with van der Waals surface area (Å²) in [5.41, 5.74) is 1.71. The molecule has 0 saturated carbocycles. The summed E-state index contributed by atoms with van der Waals surface area (Å²) in [6, 6.07) is 14.9. The van der Waals surface area contributed by atoms with Crippen molar-refractivity contribution in [1.82, 2.24) is 9.88 Å². The Morgan fingerprint density at radius 3 is 2.68 bits per heavy atom. The SMILES string of the molecule is O=C(Cc1ccccn1)N1C(=O)OC[C@H]1Cc1ccccc1. The lowest BCUT2D eigenvalue weighted by molar-refractivity contribution is -0.128. The van der Waals surface area contributed by atoms with Crippen LogP contribution in [0.4, 0.5) is 4.79 Å². The minimum absolute atomic E-state index is 0.0984. The lowest BCUT2D eigenvalue weighted by Crippen LogP contribution is -2.41. The van der Waals surface area contributed by atoms with Gasteiger partial charge in [0.25, 0.3) is 0 Å². The summed E-state index contributed by atoms with van der Waals surface area (Å²) in [5.74, 6) is -0.276. The van der Waals surface area contributed by atoms with Crippen molar-refractivity contribution >= 4 is 12.0 Å². The van der Waals surface area contributed by atoms with Crippen molar-refractivity contribution in [1.29, 1.82) is 0 Å². The first-order valence-electron chi connectivity index (χ1n) is 7.16. The molecular weight excluding hydrogens is 280 g/mol. The van der Waals surface area contributed by atoms with E-state index in [2.05, 4.69) is 4.98 Å². The molecule has 5 heteroatoms. The van der Waals surface area contributed by atoms with Crippen LogP contribution < -0.4 is 0 Å². The summed E-state index contributed by atoms with van der Waals surface area (Å²) >= 11 is 0. The van der Waals surface area contributed by atoms with Crippen molar-refractivity contribution in [3.8, 4) is 0 Å². The molecule has 2 amide bonds. The molecule has 112 valence electrons. The van der Waals surface area contributed by atoms with Gasteiger partial charge in [-0.05, 0) is 24.1 Å². The third-order valence-electron chi connectivity index (χ3n) is 3.60. The first-order valence-corrected chi connectivity index (χ1v) is 7.16. The number of imide groups is 1. The molecule has 3 rings (SSSR count). The second kappa shape index (κ2) is 6.39. The zero-order valence-corrected chi connectivity index (χ0v) is 12.0. The van der Waals surface area contributed by atoms with Gasteiger partial charge < -0.3 is 4.74 Å². The van der Waals surface area contributed by atoms with Gasteiger partial charge in [-0.1, -0.05) is 36.4 Å². The van der Waals surface area contributed by atoms with Crippen LogP contribution in [0.25, 0.3) is 0 Å². The average molecular weight is 296 g/mol. The van der Waals surface area contributed by atoms with E-state index < -0.39 is 6.09 Å². The van der Waals surface area contributed by atoms with Crippen molar-refractivity contribution in [2.45, 2.75) is 18.9 Å². The van der Waals surface area contributed by atoms with E-state index in [1.165, 1.54) is 4.90 Å². The number of ether oxygens (including phenoxy) is 1. The summed E-state index contributed by atoms with van der Waals surface area (Å²) in [5, 5.41) is 0. The number of aromatic nitrogens is 1. The Kier molecular flexibility index (Phi) is 4.14. The molecule has 22 heavy (non-hydrogen) atoms. The van der Waals surface area contributed by atoms with E-state index in [-0.39, 0.29) is 25.0 Å². The van der Waals surface area contributed by atoms with E-state index in [9.17, 15) is 9.59 Å². The number of carbonyl (C=O) groups is 2. The molecule has 0 aliphatic carbocycles. The van der Waals surface area contributed by atoms with Gasteiger partial charge in [0.15, 0.2) is 0 Å². The molecule has 0 radical (unpaired) electrons. The zero-order chi connectivity index (χ0) is 15.4. The van der Waals surface area contributed by atoms with Gasteiger partial charge in [-0.25, -0.2) is 9.69 Å². The van der Waals surface area contributed by atoms with Crippen LogP contribution in [0.1, 0.15) is 11.3 Å². The normalized spacial score (nSPS) is 17.4. The Balaban J connectivity index is 1.72. The highest BCUT2D eigenvalue weighted by atomic mass is 16.6. The molecule has 1 aromatic carbocycles.